The molecule has 0 radical (unpaired) electrons. The van der Waals surface area contributed by atoms with Gasteiger partial charge in [0.15, 0.2) is 5.78 Å². The number of hydrogen-bond donors (Lipinski definition) is 0. The van der Waals surface area contributed by atoms with Crippen LogP contribution in [0.15, 0.2) is 23.1 Å². The molecule has 0 fully saturated rings. The second-order valence-corrected chi connectivity index (χ2v) is 5.21. The summed E-state index contributed by atoms with van der Waals surface area (Å²) in [6, 6.07) is 6.10. The molecule has 1 aromatic carbocycles. The van der Waals surface area contributed by atoms with Gasteiger partial charge in [-0.25, -0.2) is 0 Å². The summed E-state index contributed by atoms with van der Waals surface area (Å²) in [5.74, 6) is -0.519. The van der Waals surface area contributed by atoms with E-state index in [9.17, 15) is 22.8 Å². The number of carbonyl (C=O) groups excluding carboxylic acids is 2. The molecule has 2 nitrogen and oxygen atoms in total. The molecular weight excluding hydrogens is 277 g/mol. The fraction of sp³-hybridized carbons (Fsp3) is 0.385. The van der Waals surface area contributed by atoms with Crippen LogP contribution in [0.25, 0.3) is 0 Å². The number of halogens is 3. The minimum absolute atomic E-state index is 0.299. The van der Waals surface area contributed by atoms with E-state index in [1.54, 1.807) is 11.8 Å². The van der Waals surface area contributed by atoms with Crippen LogP contribution in [0.5, 0.6) is 0 Å². The monoisotopic (exact) mass is 290 g/mol. The Morgan fingerprint density at radius 1 is 1.32 bits per heavy atom. The second kappa shape index (κ2) is 6.23. The average molecular weight is 290 g/mol. The third kappa shape index (κ3) is 4.70. The van der Waals surface area contributed by atoms with E-state index in [0.717, 1.165) is 16.2 Å². The van der Waals surface area contributed by atoms with Crippen molar-refractivity contribution in [2.45, 2.75) is 31.3 Å². The van der Waals surface area contributed by atoms with Crippen molar-refractivity contribution in [3.05, 3.63) is 29.3 Å². The lowest BCUT2D eigenvalue weighted by atomic mass is 10.1. The Morgan fingerprint density at radius 3 is 2.42 bits per heavy atom. The summed E-state index contributed by atoms with van der Waals surface area (Å²) < 4.78 is 32.5. The molecule has 1 aliphatic rings. The van der Waals surface area contributed by atoms with Crippen LogP contribution in [0.1, 0.15) is 29.3 Å². The first-order valence-electron chi connectivity index (χ1n) is 5.56. The molecule has 0 bridgehead atoms. The molecule has 0 aliphatic carbocycles. The largest absolute Gasteiger partial charge is 0.449 e. The molecule has 0 amide bonds. The highest BCUT2D eigenvalue weighted by molar-refractivity contribution is 7.99. The predicted octanol–water partition coefficient (Wildman–Crippen LogP) is 3.81. The van der Waals surface area contributed by atoms with Gasteiger partial charge in [0.2, 0.25) is 5.78 Å². The lowest BCUT2D eigenvalue weighted by Gasteiger charge is -2.13. The molecule has 19 heavy (non-hydrogen) atoms. The number of ketones is 2. The van der Waals surface area contributed by atoms with Gasteiger partial charge in [0.05, 0.1) is 0 Å². The summed E-state index contributed by atoms with van der Waals surface area (Å²) in [6.45, 7) is 2.51. The third-order valence-corrected chi connectivity index (χ3v) is 3.50. The normalized spacial score (nSPS) is 14.3. The minimum atomic E-state index is -4.64. The third-order valence-electron chi connectivity index (χ3n) is 2.42. The van der Waals surface area contributed by atoms with Crippen molar-refractivity contribution in [2.75, 3.05) is 5.75 Å². The summed E-state index contributed by atoms with van der Waals surface area (Å²) in [5, 5.41) is 0. The quantitative estimate of drug-likeness (QED) is 0.728. The summed E-state index contributed by atoms with van der Waals surface area (Å²) >= 11 is 1.78. The Morgan fingerprint density at radius 2 is 1.89 bits per heavy atom. The average Bonchev–Trinajstić information content (AvgIpc) is 2.30. The molecule has 2 rings (SSSR count). The zero-order chi connectivity index (χ0) is 14.6. The van der Waals surface area contributed by atoms with E-state index in [2.05, 4.69) is 6.07 Å². The van der Waals surface area contributed by atoms with E-state index >= 15 is 0 Å². The second-order valence-electron chi connectivity index (χ2n) is 4.08. The van der Waals surface area contributed by atoms with Gasteiger partial charge in [-0.3, -0.25) is 9.59 Å². The minimum Gasteiger partial charge on any atom is -0.294 e. The van der Waals surface area contributed by atoms with Crippen molar-refractivity contribution in [3.63, 3.8) is 0 Å². The van der Waals surface area contributed by atoms with Crippen molar-refractivity contribution in [1.82, 2.24) is 0 Å². The van der Waals surface area contributed by atoms with Crippen molar-refractivity contribution in [1.29, 1.82) is 0 Å². The van der Waals surface area contributed by atoms with Gasteiger partial charge in [-0.05, 0) is 19.1 Å². The Kier molecular flexibility index (Phi) is 5.17. The molecule has 104 valence electrons. The van der Waals surface area contributed by atoms with Crippen molar-refractivity contribution < 1.29 is 22.8 Å². The van der Waals surface area contributed by atoms with Crippen LogP contribution in [0.2, 0.25) is 0 Å². The van der Waals surface area contributed by atoms with E-state index in [0.29, 0.717) is 19.1 Å². The molecule has 1 aliphatic heterocycles. The standard InChI is InChI=1S/C10H10OS.C3H3F3O/c1-7-2-3-10-8(6-7)9(11)4-5-12-10;1-2(7)3(4,5)6/h2-3,6H,4-5H2,1H3;1H3. The van der Waals surface area contributed by atoms with Crippen LogP contribution in [-0.4, -0.2) is 23.5 Å². The highest BCUT2D eigenvalue weighted by Gasteiger charge is 2.33. The molecular formula is C13H13F3O2S. The zero-order valence-corrected chi connectivity index (χ0v) is 11.3. The molecule has 0 unspecified atom stereocenters. The predicted molar refractivity (Wildman–Crippen MR) is 67.6 cm³/mol. The number of fused-ring (bicyclic) bond motifs is 1. The first-order valence-corrected chi connectivity index (χ1v) is 6.55. The van der Waals surface area contributed by atoms with Crippen molar-refractivity contribution in [3.8, 4) is 0 Å². The van der Waals surface area contributed by atoms with E-state index in [1.165, 1.54) is 5.56 Å². The Bertz CT molecular complexity index is 495. The van der Waals surface area contributed by atoms with E-state index < -0.39 is 12.0 Å². The number of thioether (sulfide) groups is 1. The topological polar surface area (TPSA) is 34.1 Å². The summed E-state index contributed by atoms with van der Waals surface area (Å²) in [4.78, 5) is 21.9. The highest BCUT2D eigenvalue weighted by atomic mass is 32.2. The fourth-order valence-electron chi connectivity index (χ4n) is 1.38. The smallest absolute Gasteiger partial charge is 0.294 e. The van der Waals surface area contributed by atoms with Gasteiger partial charge in [0, 0.05) is 29.6 Å². The van der Waals surface area contributed by atoms with Crippen LogP contribution in [-0.2, 0) is 4.79 Å². The maximum Gasteiger partial charge on any atom is 0.449 e. The van der Waals surface area contributed by atoms with Gasteiger partial charge >= 0.3 is 6.18 Å². The maximum absolute atomic E-state index is 11.4. The zero-order valence-electron chi connectivity index (χ0n) is 10.5. The van der Waals surface area contributed by atoms with Gasteiger partial charge in [0.25, 0.3) is 0 Å². The number of hydrogen-bond acceptors (Lipinski definition) is 3. The molecule has 1 heterocycles. The number of Topliss-reactive ketones (excluding diaryl/α,β-unsaturated/α-hetero) is 2. The van der Waals surface area contributed by atoms with Crippen LogP contribution in [0, 0.1) is 6.92 Å². The Labute approximate surface area is 113 Å². The number of aryl methyl sites for hydroxylation is 1. The van der Waals surface area contributed by atoms with Gasteiger partial charge in [0.1, 0.15) is 0 Å². The molecule has 0 N–H and O–H groups in total. The lowest BCUT2D eigenvalue weighted by Crippen LogP contribution is -2.18. The van der Waals surface area contributed by atoms with Gasteiger partial charge < -0.3 is 0 Å². The molecule has 0 aromatic heterocycles. The highest BCUT2D eigenvalue weighted by Crippen LogP contribution is 2.30. The van der Waals surface area contributed by atoms with Crippen molar-refractivity contribution >= 4 is 23.3 Å². The number of benzene rings is 1. The molecule has 0 spiro atoms. The summed E-state index contributed by atoms with van der Waals surface area (Å²) in [6.07, 6.45) is -3.94. The van der Waals surface area contributed by atoms with E-state index in [1.807, 2.05) is 19.1 Å². The maximum atomic E-state index is 11.4. The number of rotatable bonds is 0. The first-order chi connectivity index (χ1) is 8.71. The van der Waals surface area contributed by atoms with Crippen LogP contribution < -0.4 is 0 Å². The summed E-state index contributed by atoms with van der Waals surface area (Å²) in [7, 11) is 0. The molecule has 0 atom stereocenters. The van der Waals surface area contributed by atoms with Gasteiger partial charge in [-0.15, -0.1) is 11.8 Å². The van der Waals surface area contributed by atoms with Gasteiger partial charge in [-0.1, -0.05) is 11.6 Å². The number of alkyl halides is 3. The lowest BCUT2D eigenvalue weighted by molar-refractivity contribution is -0.168. The molecule has 6 heteroatoms. The van der Waals surface area contributed by atoms with E-state index in [-0.39, 0.29) is 0 Å². The van der Waals surface area contributed by atoms with Crippen molar-refractivity contribution in [2.24, 2.45) is 0 Å². The number of carbonyl (C=O) groups is 2. The van der Waals surface area contributed by atoms with Crippen LogP contribution in [0.4, 0.5) is 13.2 Å². The van der Waals surface area contributed by atoms with Crippen LogP contribution >= 0.6 is 11.8 Å². The Balaban J connectivity index is 0.000000224. The SMILES string of the molecule is CC(=O)C(F)(F)F.Cc1ccc2c(c1)C(=O)CCS2. The fourth-order valence-corrected chi connectivity index (χ4v) is 2.38. The molecule has 0 saturated heterocycles. The van der Waals surface area contributed by atoms with E-state index in [4.69, 9.17) is 0 Å². The first kappa shape index (κ1) is 15.8. The Hall–Kier alpha value is -1.30. The molecule has 1 aromatic rings. The van der Waals surface area contributed by atoms with Gasteiger partial charge in [-0.2, -0.15) is 13.2 Å². The summed E-state index contributed by atoms with van der Waals surface area (Å²) in [5.41, 5.74) is 2.09. The van der Waals surface area contributed by atoms with Crippen LogP contribution in [0.3, 0.4) is 0 Å². The molecule has 0 saturated carbocycles.